The van der Waals surface area contributed by atoms with E-state index in [0.29, 0.717) is 11.5 Å². The van der Waals surface area contributed by atoms with Crippen molar-refractivity contribution in [2.45, 2.75) is 32.3 Å². The Balaban J connectivity index is 1.78. The fourth-order valence-electron chi connectivity index (χ4n) is 2.52. The van der Waals surface area contributed by atoms with Crippen LogP contribution in [0, 0.1) is 5.41 Å². The van der Waals surface area contributed by atoms with Gasteiger partial charge in [-0.3, -0.25) is 0 Å². The maximum atomic E-state index is 5.78. The number of hydrogen-bond acceptors (Lipinski definition) is 3. The number of nitrogens with two attached hydrogens (primary N) is 1. The van der Waals surface area contributed by atoms with Crippen molar-refractivity contribution in [1.82, 2.24) is 4.90 Å². The first kappa shape index (κ1) is 10.4. The molecule has 0 aliphatic carbocycles. The normalized spacial score (nSPS) is 39.4. The van der Waals surface area contributed by atoms with E-state index in [-0.39, 0.29) is 0 Å². The summed E-state index contributed by atoms with van der Waals surface area (Å²) in [5.74, 6) is 0. The minimum atomic E-state index is 0.360. The fourth-order valence-corrected chi connectivity index (χ4v) is 2.52. The molecule has 2 aliphatic heterocycles. The molecule has 0 aromatic rings. The van der Waals surface area contributed by atoms with Gasteiger partial charge in [-0.2, -0.15) is 0 Å². The molecule has 2 atom stereocenters. The molecule has 2 aliphatic rings. The summed E-state index contributed by atoms with van der Waals surface area (Å²) >= 11 is 0. The number of nitrogens with zero attached hydrogens (tertiary/aromatic N) is 1. The van der Waals surface area contributed by atoms with E-state index in [1.807, 2.05) is 0 Å². The molecule has 2 N–H and O–H groups in total. The first-order chi connectivity index (χ1) is 6.72. The standard InChI is InChI=1S/C11H22N2O/c1-11(8-12)4-5-13(9-11)7-10-3-2-6-14-10/h10H,2-9,12H2,1H3. The van der Waals surface area contributed by atoms with Crippen LogP contribution in [0.25, 0.3) is 0 Å². The van der Waals surface area contributed by atoms with Gasteiger partial charge in [0, 0.05) is 19.7 Å². The highest BCUT2D eigenvalue weighted by molar-refractivity contribution is 4.88. The largest absolute Gasteiger partial charge is 0.377 e. The van der Waals surface area contributed by atoms with Gasteiger partial charge in [0.05, 0.1) is 6.10 Å². The maximum absolute atomic E-state index is 5.78. The third-order valence-corrected chi connectivity index (χ3v) is 3.62. The van der Waals surface area contributed by atoms with Gasteiger partial charge in [-0.1, -0.05) is 6.92 Å². The van der Waals surface area contributed by atoms with Crippen LogP contribution in [-0.4, -0.2) is 43.8 Å². The fraction of sp³-hybridized carbons (Fsp3) is 1.00. The van der Waals surface area contributed by atoms with Crippen molar-refractivity contribution >= 4 is 0 Å². The van der Waals surface area contributed by atoms with E-state index in [0.717, 1.165) is 26.2 Å². The lowest BCUT2D eigenvalue weighted by atomic mass is 9.90. The number of hydrogen-bond donors (Lipinski definition) is 1. The molecule has 2 fully saturated rings. The summed E-state index contributed by atoms with van der Waals surface area (Å²) in [6.45, 7) is 7.55. The van der Waals surface area contributed by atoms with Gasteiger partial charge in [0.15, 0.2) is 0 Å². The summed E-state index contributed by atoms with van der Waals surface area (Å²) < 4.78 is 5.64. The van der Waals surface area contributed by atoms with Crippen LogP contribution in [-0.2, 0) is 4.74 Å². The second-order valence-electron chi connectivity index (χ2n) is 5.13. The van der Waals surface area contributed by atoms with Gasteiger partial charge in [0.1, 0.15) is 0 Å². The van der Waals surface area contributed by atoms with Crippen LogP contribution in [0.1, 0.15) is 26.2 Å². The average Bonchev–Trinajstić information content (AvgIpc) is 2.78. The van der Waals surface area contributed by atoms with Crippen LogP contribution in [0.2, 0.25) is 0 Å². The molecule has 3 nitrogen and oxygen atoms in total. The van der Waals surface area contributed by atoms with Crippen LogP contribution in [0.5, 0.6) is 0 Å². The molecule has 82 valence electrons. The zero-order chi connectivity index (χ0) is 10.0. The van der Waals surface area contributed by atoms with Gasteiger partial charge in [-0.15, -0.1) is 0 Å². The zero-order valence-electron chi connectivity index (χ0n) is 9.17. The highest BCUT2D eigenvalue weighted by Crippen LogP contribution is 2.29. The van der Waals surface area contributed by atoms with Crippen molar-refractivity contribution in [2.75, 3.05) is 32.8 Å². The van der Waals surface area contributed by atoms with Crippen LogP contribution < -0.4 is 5.73 Å². The molecule has 0 saturated carbocycles. The summed E-state index contributed by atoms with van der Waals surface area (Å²) in [5, 5.41) is 0. The summed E-state index contributed by atoms with van der Waals surface area (Å²) in [7, 11) is 0. The van der Waals surface area contributed by atoms with Gasteiger partial charge in [0.2, 0.25) is 0 Å². The third kappa shape index (κ3) is 2.27. The van der Waals surface area contributed by atoms with Crippen molar-refractivity contribution in [2.24, 2.45) is 11.1 Å². The van der Waals surface area contributed by atoms with E-state index in [4.69, 9.17) is 10.5 Å². The van der Waals surface area contributed by atoms with Crippen molar-refractivity contribution in [3.63, 3.8) is 0 Å². The molecule has 2 heterocycles. The molecule has 0 radical (unpaired) electrons. The molecule has 0 bridgehead atoms. The van der Waals surface area contributed by atoms with E-state index in [1.54, 1.807) is 0 Å². The Morgan fingerprint density at radius 3 is 3.00 bits per heavy atom. The van der Waals surface area contributed by atoms with Gasteiger partial charge < -0.3 is 15.4 Å². The molecule has 0 aromatic heterocycles. The lowest BCUT2D eigenvalue weighted by molar-refractivity contribution is 0.0776. The molecule has 3 heteroatoms. The van der Waals surface area contributed by atoms with Crippen LogP contribution in [0.15, 0.2) is 0 Å². The Morgan fingerprint density at radius 1 is 1.57 bits per heavy atom. The predicted octanol–water partition coefficient (Wildman–Crippen LogP) is 0.836. The van der Waals surface area contributed by atoms with Crippen LogP contribution in [0.3, 0.4) is 0 Å². The van der Waals surface area contributed by atoms with Crippen molar-refractivity contribution in [3.05, 3.63) is 0 Å². The molecule has 0 spiro atoms. The highest BCUT2D eigenvalue weighted by atomic mass is 16.5. The van der Waals surface area contributed by atoms with E-state index in [2.05, 4.69) is 11.8 Å². The average molecular weight is 198 g/mol. The van der Waals surface area contributed by atoms with Gasteiger partial charge >= 0.3 is 0 Å². The van der Waals surface area contributed by atoms with E-state index < -0.39 is 0 Å². The number of ether oxygens (including phenoxy) is 1. The van der Waals surface area contributed by atoms with Gasteiger partial charge in [-0.25, -0.2) is 0 Å². The molecule has 14 heavy (non-hydrogen) atoms. The summed E-state index contributed by atoms with van der Waals surface area (Å²) in [5.41, 5.74) is 6.14. The highest BCUT2D eigenvalue weighted by Gasteiger charge is 2.33. The zero-order valence-corrected chi connectivity index (χ0v) is 9.17. The molecule has 0 amide bonds. The third-order valence-electron chi connectivity index (χ3n) is 3.62. The van der Waals surface area contributed by atoms with Gasteiger partial charge in [0.25, 0.3) is 0 Å². The molecule has 2 saturated heterocycles. The van der Waals surface area contributed by atoms with Crippen LogP contribution in [0.4, 0.5) is 0 Å². The number of likely N-dealkylation sites (tertiary alicyclic amines) is 1. The van der Waals surface area contributed by atoms with E-state index in [1.165, 1.54) is 25.8 Å². The van der Waals surface area contributed by atoms with Crippen molar-refractivity contribution < 1.29 is 4.74 Å². The van der Waals surface area contributed by atoms with Crippen LogP contribution >= 0.6 is 0 Å². The van der Waals surface area contributed by atoms with Gasteiger partial charge in [-0.05, 0) is 37.8 Å². The first-order valence-electron chi connectivity index (χ1n) is 5.76. The van der Waals surface area contributed by atoms with E-state index >= 15 is 0 Å². The number of rotatable bonds is 3. The second kappa shape index (κ2) is 4.17. The Morgan fingerprint density at radius 2 is 2.43 bits per heavy atom. The first-order valence-corrected chi connectivity index (χ1v) is 5.76. The van der Waals surface area contributed by atoms with Crippen molar-refractivity contribution in [1.29, 1.82) is 0 Å². The summed E-state index contributed by atoms with van der Waals surface area (Å²) in [4.78, 5) is 2.52. The quantitative estimate of drug-likeness (QED) is 0.730. The second-order valence-corrected chi connectivity index (χ2v) is 5.13. The minimum Gasteiger partial charge on any atom is -0.377 e. The molecular formula is C11H22N2O. The Hall–Kier alpha value is -0.120. The smallest absolute Gasteiger partial charge is 0.0702 e. The monoisotopic (exact) mass is 198 g/mol. The lowest BCUT2D eigenvalue weighted by Crippen LogP contribution is -2.34. The lowest BCUT2D eigenvalue weighted by Gasteiger charge is -2.24. The Kier molecular flexibility index (Phi) is 3.10. The Labute approximate surface area is 86.6 Å². The summed E-state index contributed by atoms with van der Waals surface area (Å²) in [6.07, 6.45) is 4.23. The minimum absolute atomic E-state index is 0.360. The van der Waals surface area contributed by atoms with E-state index in [9.17, 15) is 0 Å². The molecule has 2 unspecified atom stereocenters. The van der Waals surface area contributed by atoms with Crippen molar-refractivity contribution in [3.8, 4) is 0 Å². The molecular weight excluding hydrogens is 176 g/mol. The predicted molar refractivity (Wildman–Crippen MR) is 57.2 cm³/mol. The topological polar surface area (TPSA) is 38.5 Å². The summed E-state index contributed by atoms with van der Waals surface area (Å²) in [6, 6.07) is 0. The SMILES string of the molecule is CC1(CN)CCN(CC2CCCO2)C1. The molecule has 2 rings (SSSR count). The maximum Gasteiger partial charge on any atom is 0.0702 e. The Bertz CT molecular complexity index is 192. The molecule has 0 aromatic carbocycles.